The normalized spacial score (nSPS) is 10.5. The Kier molecular flexibility index (Phi) is 8.27. The van der Waals surface area contributed by atoms with Crippen LogP contribution in [0.2, 0.25) is 0 Å². The summed E-state index contributed by atoms with van der Waals surface area (Å²) in [4.78, 5) is 24.3. The maximum absolute atomic E-state index is 12.3. The van der Waals surface area contributed by atoms with Crippen molar-refractivity contribution in [1.82, 2.24) is 10.9 Å². The first-order valence-corrected chi connectivity index (χ1v) is 11.0. The van der Waals surface area contributed by atoms with Gasteiger partial charge in [-0.3, -0.25) is 20.4 Å². The van der Waals surface area contributed by atoms with Crippen LogP contribution in [0.5, 0.6) is 11.5 Å². The minimum absolute atomic E-state index is 0.226. The molecule has 0 heterocycles. The van der Waals surface area contributed by atoms with Gasteiger partial charge in [-0.05, 0) is 63.3 Å². The van der Waals surface area contributed by atoms with Crippen molar-refractivity contribution in [1.29, 1.82) is 0 Å². The van der Waals surface area contributed by atoms with Crippen molar-refractivity contribution >= 4 is 27.7 Å². The van der Waals surface area contributed by atoms with Gasteiger partial charge in [0.1, 0.15) is 11.5 Å². The molecule has 2 N–H and O–H groups in total. The fourth-order valence-electron chi connectivity index (χ4n) is 2.77. The summed E-state index contributed by atoms with van der Waals surface area (Å²) in [5.74, 6) is 0.699. The number of benzene rings is 3. The van der Waals surface area contributed by atoms with Gasteiger partial charge in [-0.15, -0.1) is 0 Å². The van der Waals surface area contributed by atoms with Crippen molar-refractivity contribution in [3.8, 4) is 22.6 Å². The Hall–Kier alpha value is -3.32. The van der Waals surface area contributed by atoms with Crippen molar-refractivity contribution in [2.75, 3.05) is 13.2 Å². The molecule has 0 radical (unpaired) electrons. The molecule has 0 bridgehead atoms. The van der Waals surface area contributed by atoms with Gasteiger partial charge in [0.2, 0.25) is 0 Å². The number of hydrazine groups is 1. The molecule has 166 valence electrons. The maximum atomic E-state index is 12.3. The average Bonchev–Trinajstić information content (AvgIpc) is 2.81. The Morgan fingerprint density at radius 3 is 2.22 bits per heavy atom. The zero-order valence-corrected chi connectivity index (χ0v) is 19.5. The molecule has 0 unspecified atom stereocenters. The van der Waals surface area contributed by atoms with Crippen LogP contribution in [0.25, 0.3) is 11.1 Å². The van der Waals surface area contributed by atoms with Gasteiger partial charge in [0, 0.05) is 5.56 Å². The highest BCUT2D eigenvalue weighted by atomic mass is 79.9. The smallest absolute Gasteiger partial charge is 0.276 e. The monoisotopic (exact) mass is 496 g/mol. The molecule has 0 saturated heterocycles. The molecule has 32 heavy (non-hydrogen) atoms. The lowest BCUT2D eigenvalue weighted by atomic mass is 10.1. The highest BCUT2D eigenvalue weighted by Crippen LogP contribution is 2.26. The summed E-state index contributed by atoms with van der Waals surface area (Å²) < 4.78 is 11.8. The molecule has 0 aliphatic heterocycles. The van der Waals surface area contributed by atoms with Crippen LogP contribution >= 0.6 is 15.9 Å². The van der Waals surface area contributed by atoms with E-state index in [9.17, 15) is 9.59 Å². The van der Waals surface area contributed by atoms with Gasteiger partial charge in [0.15, 0.2) is 6.61 Å². The fourth-order valence-corrected chi connectivity index (χ4v) is 3.27. The van der Waals surface area contributed by atoms with Gasteiger partial charge in [-0.2, -0.15) is 0 Å². The summed E-state index contributed by atoms with van der Waals surface area (Å²) in [6.45, 7) is 4.47. The number of amides is 2. The number of rotatable bonds is 8. The first kappa shape index (κ1) is 23.3. The molecule has 3 aromatic rings. The van der Waals surface area contributed by atoms with E-state index in [2.05, 4.69) is 40.6 Å². The molecule has 0 spiro atoms. The Balaban J connectivity index is 1.45. The van der Waals surface area contributed by atoms with E-state index >= 15 is 0 Å². The quantitative estimate of drug-likeness (QED) is 0.430. The van der Waals surface area contributed by atoms with Gasteiger partial charge < -0.3 is 9.47 Å². The Morgan fingerprint density at radius 2 is 1.56 bits per heavy atom. The number of nitrogens with one attached hydrogen (secondary N) is 2. The van der Waals surface area contributed by atoms with Gasteiger partial charge in [-0.25, -0.2) is 0 Å². The SMILES string of the molecule is CC(C)COc1ccc(C(=O)NNC(=O)COc2ccc(-c3ccccc3)cc2)cc1Br. The van der Waals surface area contributed by atoms with Crippen LogP contribution < -0.4 is 20.3 Å². The van der Waals surface area contributed by atoms with E-state index in [0.717, 1.165) is 11.1 Å². The third kappa shape index (κ3) is 6.85. The first-order valence-electron chi connectivity index (χ1n) is 10.2. The van der Waals surface area contributed by atoms with E-state index in [-0.39, 0.29) is 6.61 Å². The number of carbonyl (C=O) groups excluding carboxylic acids is 2. The first-order chi connectivity index (χ1) is 15.4. The van der Waals surface area contributed by atoms with Gasteiger partial charge in [0.25, 0.3) is 11.8 Å². The van der Waals surface area contributed by atoms with Crippen LogP contribution in [0.3, 0.4) is 0 Å². The molecule has 7 heteroatoms. The minimum atomic E-state index is -0.471. The summed E-state index contributed by atoms with van der Waals surface area (Å²) in [6, 6.07) is 22.4. The molecule has 3 rings (SSSR count). The molecule has 0 aliphatic rings. The van der Waals surface area contributed by atoms with Gasteiger partial charge >= 0.3 is 0 Å². The summed E-state index contributed by atoms with van der Waals surface area (Å²) in [5.41, 5.74) is 7.28. The standard InChI is InChI=1S/C25H25BrN2O4/c1-17(2)15-32-23-13-10-20(14-22(23)26)25(30)28-27-24(29)16-31-21-11-8-19(9-12-21)18-6-4-3-5-7-18/h3-14,17H,15-16H2,1-2H3,(H,27,29)(H,28,30). The highest BCUT2D eigenvalue weighted by molar-refractivity contribution is 9.10. The van der Waals surface area contributed by atoms with E-state index in [1.807, 2.05) is 42.5 Å². The van der Waals surface area contributed by atoms with E-state index < -0.39 is 11.8 Å². The lowest BCUT2D eigenvalue weighted by Crippen LogP contribution is -2.43. The van der Waals surface area contributed by atoms with Crippen LogP contribution in [-0.4, -0.2) is 25.0 Å². The summed E-state index contributed by atoms with van der Waals surface area (Å²) in [7, 11) is 0. The molecule has 2 amide bonds. The van der Waals surface area contributed by atoms with E-state index in [0.29, 0.717) is 34.1 Å². The fraction of sp³-hybridized carbons (Fsp3) is 0.200. The molecule has 0 aliphatic carbocycles. The van der Waals surface area contributed by atoms with Crippen molar-refractivity contribution in [3.05, 3.63) is 82.8 Å². The molecule has 0 fully saturated rings. The summed E-state index contributed by atoms with van der Waals surface area (Å²) >= 11 is 3.40. The molecule has 0 aromatic heterocycles. The molecular formula is C25H25BrN2O4. The van der Waals surface area contributed by atoms with E-state index in [1.165, 1.54) is 0 Å². The topological polar surface area (TPSA) is 76.7 Å². The van der Waals surface area contributed by atoms with Crippen molar-refractivity contribution in [3.63, 3.8) is 0 Å². The third-order valence-corrected chi connectivity index (χ3v) is 5.03. The zero-order valence-electron chi connectivity index (χ0n) is 17.9. The number of ether oxygens (including phenoxy) is 2. The summed E-state index contributed by atoms with van der Waals surface area (Å²) in [6.07, 6.45) is 0. The van der Waals surface area contributed by atoms with Gasteiger partial charge in [-0.1, -0.05) is 56.3 Å². The molecule has 0 saturated carbocycles. The van der Waals surface area contributed by atoms with E-state index in [1.54, 1.807) is 30.3 Å². The highest BCUT2D eigenvalue weighted by Gasteiger charge is 2.11. The average molecular weight is 497 g/mol. The van der Waals surface area contributed by atoms with Crippen LogP contribution in [0.1, 0.15) is 24.2 Å². The largest absolute Gasteiger partial charge is 0.492 e. The Morgan fingerprint density at radius 1 is 0.875 bits per heavy atom. The third-order valence-electron chi connectivity index (χ3n) is 4.41. The molecule has 0 atom stereocenters. The molecule has 3 aromatic carbocycles. The Bertz CT molecular complexity index is 1050. The van der Waals surface area contributed by atoms with Crippen LogP contribution in [-0.2, 0) is 4.79 Å². The lowest BCUT2D eigenvalue weighted by molar-refractivity contribution is -0.123. The second-order valence-electron chi connectivity index (χ2n) is 7.53. The zero-order chi connectivity index (χ0) is 22.9. The van der Waals surface area contributed by atoms with E-state index in [4.69, 9.17) is 9.47 Å². The predicted octanol–water partition coefficient (Wildman–Crippen LogP) is 4.99. The van der Waals surface area contributed by atoms with Crippen LogP contribution in [0, 0.1) is 5.92 Å². The van der Waals surface area contributed by atoms with Gasteiger partial charge in [0.05, 0.1) is 11.1 Å². The van der Waals surface area contributed by atoms with Crippen molar-refractivity contribution < 1.29 is 19.1 Å². The predicted molar refractivity (Wildman–Crippen MR) is 127 cm³/mol. The molecular weight excluding hydrogens is 472 g/mol. The lowest BCUT2D eigenvalue weighted by Gasteiger charge is -2.12. The number of hydrogen-bond acceptors (Lipinski definition) is 4. The second-order valence-corrected chi connectivity index (χ2v) is 8.39. The Labute approximate surface area is 196 Å². The number of carbonyl (C=O) groups is 2. The second kappa shape index (κ2) is 11.3. The number of halogens is 1. The van der Waals surface area contributed by atoms with Crippen molar-refractivity contribution in [2.24, 2.45) is 5.92 Å². The summed E-state index contributed by atoms with van der Waals surface area (Å²) in [5, 5.41) is 0. The number of hydrogen-bond donors (Lipinski definition) is 2. The van der Waals surface area contributed by atoms with Crippen LogP contribution in [0.4, 0.5) is 0 Å². The van der Waals surface area contributed by atoms with Crippen molar-refractivity contribution in [2.45, 2.75) is 13.8 Å². The molecule has 6 nitrogen and oxygen atoms in total. The van der Waals surface area contributed by atoms with Crippen LogP contribution in [0.15, 0.2) is 77.3 Å². The maximum Gasteiger partial charge on any atom is 0.276 e. The minimum Gasteiger partial charge on any atom is -0.492 e.